The van der Waals surface area contributed by atoms with Gasteiger partial charge in [0.2, 0.25) is 5.91 Å². The van der Waals surface area contributed by atoms with Crippen molar-refractivity contribution in [3.8, 4) is 0 Å². The summed E-state index contributed by atoms with van der Waals surface area (Å²) in [6.07, 6.45) is 1.57. The molecule has 0 heterocycles. The number of sulfone groups is 1. The highest BCUT2D eigenvalue weighted by Gasteiger charge is 2.13. The van der Waals surface area contributed by atoms with Crippen LogP contribution in [0.2, 0.25) is 0 Å². The Morgan fingerprint density at radius 2 is 2.08 bits per heavy atom. The van der Waals surface area contributed by atoms with Crippen molar-refractivity contribution < 1.29 is 18.3 Å². The van der Waals surface area contributed by atoms with Gasteiger partial charge in [0.1, 0.15) is 5.75 Å². The van der Waals surface area contributed by atoms with E-state index in [4.69, 9.17) is 5.11 Å². The highest BCUT2D eigenvalue weighted by atomic mass is 32.2. The molecule has 0 aromatic rings. The zero-order valence-electron chi connectivity index (χ0n) is 7.78. The van der Waals surface area contributed by atoms with E-state index < -0.39 is 21.5 Å². The van der Waals surface area contributed by atoms with E-state index in [0.717, 1.165) is 6.26 Å². The fraction of sp³-hybridized carbons (Fsp3) is 0.857. The summed E-state index contributed by atoms with van der Waals surface area (Å²) in [5.41, 5.74) is 0. The number of carbonyl (C=O) groups is 1. The van der Waals surface area contributed by atoms with E-state index in [0.29, 0.717) is 6.42 Å². The van der Waals surface area contributed by atoms with E-state index in [1.165, 1.54) is 0 Å². The van der Waals surface area contributed by atoms with Crippen molar-refractivity contribution in [3.63, 3.8) is 0 Å². The van der Waals surface area contributed by atoms with Crippen molar-refractivity contribution in [2.45, 2.75) is 19.4 Å². The zero-order chi connectivity index (χ0) is 10.5. The van der Waals surface area contributed by atoms with Crippen molar-refractivity contribution in [1.82, 2.24) is 5.32 Å². The van der Waals surface area contributed by atoms with Crippen LogP contribution in [0, 0.1) is 0 Å². The molecule has 0 bridgehead atoms. The van der Waals surface area contributed by atoms with Gasteiger partial charge in [-0.1, -0.05) is 6.92 Å². The third-order valence-corrected chi connectivity index (χ3v) is 2.26. The summed E-state index contributed by atoms with van der Waals surface area (Å²) in [6.45, 7) is 1.62. The summed E-state index contributed by atoms with van der Waals surface area (Å²) in [4.78, 5) is 11.0. The number of hydrogen-bond acceptors (Lipinski definition) is 4. The van der Waals surface area contributed by atoms with Crippen LogP contribution in [0.15, 0.2) is 0 Å². The topological polar surface area (TPSA) is 83.5 Å². The molecule has 0 aliphatic carbocycles. The number of rotatable bonds is 5. The highest BCUT2D eigenvalue weighted by Crippen LogP contribution is 1.90. The minimum absolute atomic E-state index is 0.175. The minimum atomic E-state index is -3.28. The quantitative estimate of drug-likeness (QED) is 0.603. The lowest BCUT2D eigenvalue weighted by molar-refractivity contribution is -0.119. The van der Waals surface area contributed by atoms with Gasteiger partial charge < -0.3 is 10.4 Å². The van der Waals surface area contributed by atoms with Crippen molar-refractivity contribution in [2.75, 3.05) is 18.6 Å². The van der Waals surface area contributed by atoms with E-state index in [1.54, 1.807) is 6.92 Å². The first-order valence-electron chi connectivity index (χ1n) is 3.97. The first kappa shape index (κ1) is 12.4. The predicted octanol–water partition coefficient (Wildman–Crippen LogP) is -1.08. The number of aliphatic hydroxyl groups is 1. The number of amides is 1. The standard InChI is InChI=1S/C7H15NO4S/c1-3-6(4-9)8-7(10)5-13(2,11)12/h6,9H,3-5H2,1-2H3,(H,8,10)/t6-/m0/s1. The molecule has 0 spiro atoms. The molecular formula is C7H15NO4S. The van der Waals surface area contributed by atoms with Gasteiger partial charge in [0.05, 0.1) is 12.6 Å². The summed E-state index contributed by atoms with van der Waals surface area (Å²) in [6, 6.07) is -0.353. The molecule has 78 valence electrons. The Kier molecular flexibility index (Phi) is 4.94. The molecule has 1 atom stereocenters. The Balaban J connectivity index is 4.01. The minimum Gasteiger partial charge on any atom is -0.394 e. The molecule has 6 heteroatoms. The fourth-order valence-electron chi connectivity index (χ4n) is 0.784. The summed E-state index contributed by atoms with van der Waals surface area (Å²) in [7, 11) is -3.28. The van der Waals surface area contributed by atoms with Gasteiger partial charge in [0.25, 0.3) is 0 Å². The molecule has 0 fully saturated rings. The summed E-state index contributed by atoms with van der Waals surface area (Å²) >= 11 is 0. The molecule has 1 amide bonds. The molecule has 0 aromatic carbocycles. The molecular weight excluding hydrogens is 194 g/mol. The van der Waals surface area contributed by atoms with Gasteiger partial charge in [-0.25, -0.2) is 8.42 Å². The van der Waals surface area contributed by atoms with Gasteiger partial charge >= 0.3 is 0 Å². The monoisotopic (exact) mass is 209 g/mol. The molecule has 0 saturated carbocycles. The lowest BCUT2D eigenvalue weighted by Crippen LogP contribution is -2.40. The van der Waals surface area contributed by atoms with Crippen molar-refractivity contribution in [3.05, 3.63) is 0 Å². The third kappa shape index (κ3) is 6.53. The van der Waals surface area contributed by atoms with Crippen LogP contribution in [0.5, 0.6) is 0 Å². The van der Waals surface area contributed by atoms with Crippen molar-refractivity contribution in [1.29, 1.82) is 0 Å². The molecule has 0 aliphatic rings. The summed E-state index contributed by atoms with van der Waals surface area (Å²) in [5, 5.41) is 11.1. The second kappa shape index (κ2) is 5.18. The summed E-state index contributed by atoms with van der Waals surface area (Å²) in [5.74, 6) is -1.09. The molecule has 0 rings (SSSR count). The third-order valence-electron chi connectivity index (χ3n) is 1.47. The molecule has 0 saturated heterocycles. The van der Waals surface area contributed by atoms with Crippen LogP contribution in [0.4, 0.5) is 0 Å². The highest BCUT2D eigenvalue weighted by molar-refractivity contribution is 7.91. The maximum atomic E-state index is 11.0. The zero-order valence-corrected chi connectivity index (χ0v) is 8.60. The van der Waals surface area contributed by atoms with E-state index >= 15 is 0 Å². The smallest absolute Gasteiger partial charge is 0.235 e. The van der Waals surface area contributed by atoms with Crippen molar-refractivity contribution >= 4 is 15.7 Å². The van der Waals surface area contributed by atoms with E-state index in [-0.39, 0.29) is 12.6 Å². The van der Waals surface area contributed by atoms with Crippen LogP contribution in [0.1, 0.15) is 13.3 Å². The fourth-order valence-corrected chi connectivity index (χ4v) is 1.34. The number of carbonyl (C=O) groups excluding carboxylic acids is 1. The molecule has 13 heavy (non-hydrogen) atoms. The van der Waals surface area contributed by atoms with Crippen LogP contribution in [-0.2, 0) is 14.6 Å². The first-order valence-corrected chi connectivity index (χ1v) is 6.03. The average Bonchev–Trinajstić information content (AvgIpc) is 1.96. The Labute approximate surface area is 78.1 Å². The van der Waals surface area contributed by atoms with Gasteiger partial charge in [-0.3, -0.25) is 4.79 Å². The number of aliphatic hydroxyl groups excluding tert-OH is 1. The van der Waals surface area contributed by atoms with Gasteiger partial charge in [0, 0.05) is 6.26 Å². The van der Waals surface area contributed by atoms with E-state index in [9.17, 15) is 13.2 Å². The van der Waals surface area contributed by atoms with Crippen LogP contribution < -0.4 is 5.32 Å². The van der Waals surface area contributed by atoms with Gasteiger partial charge in [-0.05, 0) is 6.42 Å². The van der Waals surface area contributed by atoms with E-state index in [2.05, 4.69) is 5.32 Å². The molecule has 2 N–H and O–H groups in total. The number of nitrogens with one attached hydrogen (secondary N) is 1. The maximum absolute atomic E-state index is 11.0. The second-order valence-electron chi connectivity index (χ2n) is 2.93. The Bertz CT molecular complexity index is 256. The Morgan fingerprint density at radius 1 is 1.54 bits per heavy atom. The first-order chi connectivity index (χ1) is 5.89. The van der Waals surface area contributed by atoms with Gasteiger partial charge in [-0.15, -0.1) is 0 Å². The molecule has 0 aliphatic heterocycles. The van der Waals surface area contributed by atoms with Gasteiger partial charge in [0.15, 0.2) is 9.84 Å². The van der Waals surface area contributed by atoms with Gasteiger partial charge in [-0.2, -0.15) is 0 Å². The van der Waals surface area contributed by atoms with Crippen LogP contribution in [-0.4, -0.2) is 44.1 Å². The largest absolute Gasteiger partial charge is 0.394 e. The molecule has 0 radical (unpaired) electrons. The molecule has 5 nitrogen and oxygen atoms in total. The number of hydrogen-bond donors (Lipinski definition) is 2. The lowest BCUT2D eigenvalue weighted by Gasteiger charge is -2.12. The van der Waals surface area contributed by atoms with Crippen LogP contribution in [0.25, 0.3) is 0 Å². The predicted molar refractivity (Wildman–Crippen MR) is 49.0 cm³/mol. The lowest BCUT2D eigenvalue weighted by atomic mass is 10.2. The SMILES string of the molecule is CC[C@@H](CO)NC(=O)CS(C)(=O)=O. The maximum Gasteiger partial charge on any atom is 0.235 e. The van der Waals surface area contributed by atoms with E-state index in [1.807, 2.05) is 0 Å². The average molecular weight is 209 g/mol. The Hall–Kier alpha value is -0.620. The Morgan fingerprint density at radius 3 is 2.38 bits per heavy atom. The molecule has 0 unspecified atom stereocenters. The normalized spacial score (nSPS) is 13.8. The van der Waals surface area contributed by atoms with Crippen LogP contribution in [0.3, 0.4) is 0 Å². The molecule has 0 aromatic heterocycles. The summed E-state index contributed by atoms with van der Waals surface area (Å²) < 4.78 is 21.4. The van der Waals surface area contributed by atoms with Crippen molar-refractivity contribution in [2.24, 2.45) is 0 Å². The second-order valence-corrected chi connectivity index (χ2v) is 5.07. The van der Waals surface area contributed by atoms with Crippen LogP contribution >= 0.6 is 0 Å².